The highest BCUT2D eigenvalue weighted by Crippen LogP contribution is 2.33. The van der Waals surface area contributed by atoms with Gasteiger partial charge in [0.25, 0.3) is 0 Å². The van der Waals surface area contributed by atoms with Gasteiger partial charge in [-0.3, -0.25) is 9.69 Å². The summed E-state index contributed by atoms with van der Waals surface area (Å²) < 4.78 is 13.3. The van der Waals surface area contributed by atoms with Crippen LogP contribution in [-0.4, -0.2) is 11.5 Å². The molecule has 0 aromatic heterocycles. The fourth-order valence-electron chi connectivity index (χ4n) is 2.78. The quantitative estimate of drug-likeness (QED) is 0.504. The SMILES string of the molecule is Cc1ccccc1NC(c1ccccc1O)N(C=O)c1ccc(F)cc1. The van der Waals surface area contributed by atoms with Crippen molar-refractivity contribution in [1.29, 1.82) is 0 Å². The number of amides is 1. The molecule has 0 saturated carbocycles. The molecular formula is C21H19FN2O2. The van der Waals surface area contributed by atoms with Crippen molar-refractivity contribution in [2.75, 3.05) is 10.2 Å². The molecular weight excluding hydrogens is 331 g/mol. The lowest BCUT2D eigenvalue weighted by Gasteiger charge is -2.31. The lowest BCUT2D eigenvalue weighted by atomic mass is 10.1. The van der Waals surface area contributed by atoms with E-state index in [9.17, 15) is 14.3 Å². The molecule has 26 heavy (non-hydrogen) atoms. The molecule has 3 aromatic rings. The normalized spacial score (nSPS) is 11.6. The van der Waals surface area contributed by atoms with Crippen LogP contribution in [0.4, 0.5) is 15.8 Å². The van der Waals surface area contributed by atoms with Gasteiger partial charge in [0.05, 0.1) is 0 Å². The number of carbonyl (C=O) groups excluding carboxylic acids is 1. The third-order valence-corrected chi connectivity index (χ3v) is 4.19. The van der Waals surface area contributed by atoms with Crippen molar-refractivity contribution in [1.82, 2.24) is 0 Å². The van der Waals surface area contributed by atoms with Crippen LogP contribution in [0, 0.1) is 12.7 Å². The average molecular weight is 350 g/mol. The molecule has 0 bridgehead atoms. The summed E-state index contributed by atoms with van der Waals surface area (Å²) in [5.41, 5.74) is 2.87. The van der Waals surface area contributed by atoms with Gasteiger partial charge in [0, 0.05) is 16.9 Å². The molecule has 0 saturated heterocycles. The van der Waals surface area contributed by atoms with Crippen LogP contribution in [0.3, 0.4) is 0 Å². The molecule has 5 heteroatoms. The van der Waals surface area contributed by atoms with Crippen molar-refractivity contribution >= 4 is 17.8 Å². The van der Waals surface area contributed by atoms with Crippen molar-refractivity contribution in [3.63, 3.8) is 0 Å². The van der Waals surface area contributed by atoms with Crippen LogP contribution in [0.2, 0.25) is 0 Å². The molecule has 4 nitrogen and oxygen atoms in total. The van der Waals surface area contributed by atoms with Gasteiger partial charge >= 0.3 is 0 Å². The molecule has 1 atom stereocenters. The standard InChI is InChI=1S/C21H19FN2O2/c1-15-6-2-4-8-19(15)23-21(18-7-3-5-9-20(18)26)24(14-25)17-12-10-16(22)11-13-17/h2-14,21,23,26H,1H3. The number of carbonyl (C=O) groups is 1. The summed E-state index contributed by atoms with van der Waals surface area (Å²) in [4.78, 5) is 13.3. The number of benzene rings is 3. The van der Waals surface area contributed by atoms with E-state index in [1.807, 2.05) is 31.2 Å². The number of hydrogen-bond donors (Lipinski definition) is 2. The number of halogens is 1. The van der Waals surface area contributed by atoms with E-state index < -0.39 is 6.17 Å². The maximum Gasteiger partial charge on any atom is 0.216 e. The number of nitrogens with one attached hydrogen (secondary N) is 1. The second-order valence-corrected chi connectivity index (χ2v) is 5.91. The molecule has 2 N–H and O–H groups in total. The summed E-state index contributed by atoms with van der Waals surface area (Å²) in [6, 6.07) is 20.1. The lowest BCUT2D eigenvalue weighted by molar-refractivity contribution is -0.107. The number of phenols is 1. The molecule has 132 valence electrons. The first-order chi connectivity index (χ1) is 12.6. The minimum absolute atomic E-state index is 0.0625. The average Bonchev–Trinajstić information content (AvgIpc) is 2.65. The third kappa shape index (κ3) is 3.67. The largest absolute Gasteiger partial charge is 0.508 e. The zero-order valence-electron chi connectivity index (χ0n) is 14.3. The van der Waals surface area contributed by atoms with E-state index in [1.165, 1.54) is 29.2 Å². The second-order valence-electron chi connectivity index (χ2n) is 5.91. The van der Waals surface area contributed by atoms with Gasteiger partial charge in [-0.1, -0.05) is 36.4 Å². The Morgan fingerprint density at radius 1 is 1.00 bits per heavy atom. The van der Waals surface area contributed by atoms with Gasteiger partial charge in [-0.25, -0.2) is 4.39 Å². The van der Waals surface area contributed by atoms with Gasteiger partial charge in [0.15, 0.2) is 0 Å². The number of aromatic hydroxyl groups is 1. The van der Waals surface area contributed by atoms with Crippen LogP contribution in [0.15, 0.2) is 72.8 Å². The lowest BCUT2D eigenvalue weighted by Crippen LogP contribution is -2.33. The van der Waals surface area contributed by atoms with Crippen LogP contribution < -0.4 is 10.2 Å². The Hall–Kier alpha value is -3.34. The minimum Gasteiger partial charge on any atom is -0.508 e. The van der Waals surface area contributed by atoms with E-state index in [1.54, 1.807) is 24.3 Å². The first kappa shape index (κ1) is 17.5. The van der Waals surface area contributed by atoms with Crippen LogP contribution >= 0.6 is 0 Å². The number of para-hydroxylation sites is 2. The predicted molar refractivity (Wildman–Crippen MR) is 101 cm³/mol. The molecule has 0 heterocycles. The summed E-state index contributed by atoms with van der Waals surface area (Å²) in [5.74, 6) is -0.321. The summed E-state index contributed by atoms with van der Waals surface area (Å²) in [6.45, 7) is 1.95. The Balaban J connectivity index is 2.07. The van der Waals surface area contributed by atoms with Crippen molar-refractivity contribution < 1.29 is 14.3 Å². The van der Waals surface area contributed by atoms with Crippen molar-refractivity contribution in [2.24, 2.45) is 0 Å². The van der Waals surface area contributed by atoms with Gasteiger partial charge in [-0.15, -0.1) is 0 Å². The van der Waals surface area contributed by atoms with E-state index in [-0.39, 0.29) is 11.6 Å². The fraction of sp³-hybridized carbons (Fsp3) is 0.0952. The first-order valence-electron chi connectivity index (χ1n) is 8.19. The zero-order valence-corrected chi connectivity index (χ0v) is 14.3. The second kappa shape index (κ2) is 7.70. The fourth-order valence-corrected chi connectivity index (χ4v) is 2.78. The molecule has 3 rings (SSSR count). The molecule has 1 unspecified atom stereocenters. The number of rotatable bonds is 6. The maximum atomic E-state index is 13.3. The van der Waals surface area contributed by atoms with Crippen LogP contribution in [0.25, 0.3) is 0 Å². The summed E-state index contributed by atoms with van der Waals surface area (Å²) in [5, 5.41) is 13.6. The number of nitrogens with zero attached hydrogens (tertiary/aromatic N) is 1. The predicted octanol–water partition coefficient (Wildman–Crippen LogP) is 4.61. The topological polar surface area (TPSA) is 52.6 Å². The van der Waals surface area contributed by atoms with E-state index in [0.717, 1.165) is 11.3 Å². The Morgan fingerprint density at radius 2 is 1.65 bits per heavy atom. The maximum absolute atomic E-state index is 13.3. The van der Waals surface area contributed by atoms with Gasteiger partial charge in [0.2, 0.25) is 6.41 Å². The number of aryl methyl sites for hydroxylation is 1. The first-order valence-corrected chi connectivity index (χ1v) is 8.19. The third-order valence-electron chi connectivity index (χ3n) is 4.19. The van der Waals surface area contributed by atoms with Crippen molar-refractivity contribution in [3.8, 4) is 5.75 Å². The van der Waals surface area contributed by atoms with Crippen LogP contribution in [0.5, 0.6) is 5.75 Å². The van der Waals surface area contributed by atoms with Crippen LogP contribution in [0.1, 0.15) is 17.3 Å². The highest BCUT2D eigenvalue weighted by molar-refractivity contribution is 5.78. The van der Waals surface area contributed by atoms with E-state index in [2.05, 4.69) is 5.32 Å². The Labute approximate surface area is 151 Å². The van der Waals surface area contributed by atoms with Crippen LogP contribution in [-0.2, 0) is 4.79 Å². The molecule has 1 amide bonds. The van der Waals surface area contributed by atoms with E-state index >= 15 is 0 Å². The highest BCUT2D eigenvalue weighted by atomic mass is 19.1. The molecule has 0 fully saturated rings. The summed E-state index contributed by atoms with van der Waals surface area (Å²) >= 11 is 0. The van der Waals surface area contributed by atoms with Crippen molar-refractivity contribution in [3.05, 3.63) is 89.7 Å². The minimum atomic E-state index is -0.666. The summed E-state index contributed by atoms with van der Waals surface area (Å²) in [7, 11) is 0. The molecule has 3 aromatic carbocycles. The molecule has 0 spiro atoms. The Bertz CT molecular complexity index is 897. The Morgan fingerprint density at radius 3 is 2.31 bits per heavy atom. The van der Waals surface area contributed by atoms with Gasteiger partial charge < -0.3 is 10.4 Å². The molecule has 0 aliphatic rings. The zero-order chi connectivity index (χ0) is 18.5. The Kier molecular flexibility index (Phi) is 5.17. The number of anilines is 2. The molecule has 0 aliphatic heterocycles. The molecule has 0 aliphatic carbocycles. The smallest absolute Gasteiger partial charge is 0.216 e. The van der Waals surface area contributed by atoms with Gasteiger partial charge in [-0.2, -0.15) is 0 Å². The number of phenolic OH excluding ortho intramolecular Hbond substituents is 1. The van der Waals surface area contributed by atoms with Gasteiger partial charge in [0.1, 0.15) is 17.7 Å². The van der Waals surface area contributed by atoms with E-state index in [0.29, 0.717) is 17.7 Å². The monoisotopic (exact) mass is 350 g/mol. The van der Waals surface area contributed by atoms with Gasteiger partial charge in [-0.05, 0) is 48.9 Å². The highest BCUT2D eigenvalue weighted by Gasteiger charge is 2.23. The van der Waals surface area contributed by atoms with Crippen molar-refractivity contribution in [2.45, 2.75) is 13.1 Å². The number of hydrogen-bond acceptors (Lipinski definition) is 3. The van der Waals surface area contributed by atoms with E-state index in [4.69, 9.17) is 0 Å². The summed E-state index contributed by atoms with van der Waals surface area (Å²) in [6.07, 6.45) is -0.00411. The molecule has 0 radical (unpaired) electrons.